The number of carbonyl (C=O) groups excluding carboxylic acids is 1. The van der Waals surface area contributed by atoms with Crippen molar-refractivity contribution in [2.75, 3.05) is 0 Å². The fourth-order valence-corrected chi connectivity index (χ4v) is 2.71. The Hall–Kier alpha value is -2.33. The molecular formula is C16H10FNOS. The molecule has 0 aliphatic rings. The molecule has 0 saturated carbocycles. The highest BCUT2D eigenvalue weighted by Gasteiger charge is 2.09. The average molecular weight is 283 g/mol. The second-order valence-electron chi connectivity index (χ2n) is 4.21. The summed E-state index contributed by atoms with van der Waals surface area (Å²) in [5.41, 5.74) is 1.20. The summed E-state index contributed by atoms with van der Waals surface area (Å²) in [6, 6.07) is 13.9. The second-order valence-corrected chi connectivity index (χ2v) is 5.24. The van der Waals surface area contributed by atoms with Crippen molar-refractivity contribution in [3.63, 3.8) is 0 Å². The van der Waals surface area contributed by atoms with Crippen LogP contribution >= 0.6 is 11.3 Å². The molecule has 0 aliphatic heterocycles. The van der Waals surface area contributed by atoms with Crippen molar-refractivity contribution in [1.82, 2.24) is 4.98 Å². The van der Waals surface area contributed by atoms with Crippen LogP contribution in [0.15, 0.2) is 54.6 Å². The molecule has 0 fully saturated rings. The van der Waals surface area contributed by atoms with E-state index in [1.54, 1.807) is 18.2 Å². The van der Waals surface area contributed by atoms with Crippen molar-refractivity contribution in [2.45, 2.75) is 0 Å². The van der Waals surface area contributed by atoms with E-state index in [0.717, 1.165) is 10.2 Å². The lowest BCUT2D eigenvalue weighted by Gasteiger charge is -1.94. The van der Waals surface area contributed by atoms with E-state index >= 15 is 0 Å². The van der Waals surface area contributed by atoms with Crippen molar-refractivity contribution in [1.29, 1.82) is 0 Å². The maximum atomic E-state index is 13.4. The molecule has 2 nitrogen and oxygen atoms in total. The van der Waals surface area contributed by atoms with Gasteiger partial charge in [0.05, 0.1) is 10.2 Å². The Morgan fingerprint density at radius 1 is 1.10 bits per heavy atom. The summed E-state index contributed by atoms with van der Waals surface area (Å²) < 4.78 is 14.4. The van der Waals surface area contributed by atoms with E-state index in [1.165, 1.54) is 29.6 Å². The second kappa shape index (κ2) is 5.35. The van der Waals surface area contributed by atoms with Gasteiger partial charge >= 0.3 is 0 Å². The molecule has 0 unspecified atom stereocenters. The Morgan fingerprint density at radius 3 is 2.65 bits per heavy atom. The van der Waals surface area contributed by atoms with E-state index in [0.29, 0.717) is 10.6 Å². The van der Waals surface area contributed by atoms with Crippen molar-refractivity contribution in [3.8, 4) is 0 Å². The largest absolute Gasteiger partial charge is 0.287 e. The fourth-order valence-electron chi connectivity index (χ4n) is 1.82. The number of para-hydroxylation sites is 1. The number of hydrogen-bond acceptors (Lipinski definition) is 3. The van der Waals surface area contributed by atoms with E-state index in [2.05, 4.69) is 4.98 Å². The first-order chi connectivity index (χ1) is 9.74. The minimum Gasteiger partial charge on any atom is -0.287 e. The molecule has 1 heterocycles. The van der Waals surface area contributed by atoms with Gasteiger partial charge in [-0.3, -0.25) is 4.79 Å². The van der Waals surface area contributed by atoms with Crippen LogP contribution in [0.25, 0.3) is 16.3 Å². The molecule has 0 N–H and O–H groups in total. The third-order valence-corrected chi connectivity index (χ3v) is 3.88. The number of hydrogen-bond donors (Lipinski definition) is 0. The van der Waals surface area contributed by atoms with Gasteiger partial charge in [0.25, 0.3) is 0 Å². The molecular weight excluding hydrogens is 273 g/mol. The Balaban J connectivity index is 1.88. The van der Waals surface area contributed by atoms with Gasteiger partial charge in [-0.25, -0.2) is 9.37 Å². The molecule has 1 aromatic heterocycles. The van der Waals surface area contributed by atoms with E-state index in [1.807, 2.05) is 24.3 Å². The number of halogens is 1. The van der Waals surface area contributed by atoms with Crippen molar-refractivity contribution in [3.05, 3.63) is 71.0 Å². The quantitative estimate of drug-likeness (QED) is 0.529. The fraction of sp³-hybridized carbons (Fsp3) is 0. The summed E-state index contributed by atoms with van der Waals surface area (Å²) in [6.07, 6.45) is 2.83. The van der Waals surface area contributed by atoms with Crippen LogP contribution in [0.1, 0.15) is 15.4 Å². The monoisotopic (exact) mass is 283 g/mol. The summed E-state index contributed by atoms with van der Waals surface area (Å²) in [5, 5.41) is 0.416. The molecule has 4 heteroatoms. The van der Waals surface area contributed by atoms with Gasteiger partial charge in [-0.05, 0) is 30.4 Å². The molecule has 0 aliphatic carbocycles. The Kier molecular flexibility index (Phi) is 3.39. The number of nitrogens with zero attached hydrogens (tertiary/aromatic N) is 1. The number of rotatable bonds is 3. The van der Waals surface area contributed by atoms with Gasteiger partial charge in [0.2, 0.25) is 5.78 Å². The maximum absolute atomic E-state index is 13.4. The molecule has 0 bridgehead atoms. The Labute approximate surface area is 119 Å². The zero-order chi connectivity index (χ0) is 13.9. The summed E-state index contributed by atoms with van der Waals surface area (Å²) in [4.78, 5) is 16.3. The molecule has 0 saturated heterocycles. The molecule has 98 valence electrons. The smallest absolute Gasteiger partial charge is 0.214 e. The predicted molar refractivity (Wildman–Crippen MR) is 79.4 cm³/mol. The minimum atomic E-state index is -0.346. The van der Waals surface area contributed by atoms with Crippen LogP contribution in [-0.4, -0.2) is 10.8 Å². The molecule has 2 aromatic carbocycles. The third kappa shape index (κ3) is 2.51. The van der Waals surface area contributed by atoms with Gasteiger partial charge in [-0.2, -0.15) is 0 Å². The first kappa shape index (κ1) is 12.7. The first-order valence-corrected chi connectivity index (χ1v) is 6.88. The predicted octanol–water partition coefficient (Wildman–Crippen LogP) is 4.33. The summed E-state index contributed by atoms with van der Waals surface area (Å²) in [7, 11) is 0. The average Bonchev–Trinajstić information content (AvgIpc) is 2.90. The van der Waals surface area contributed by atoms with Crippen LogP contribution in [0, 0.1) is 5.82 Å². The molecule has 0 spiro atoms. The molecule has 0 atom stereocenters. The first-order valence-electron chi connectivity index (χ1n) is 6.06. The molecule has 20 heavy (non-hydrogen) atoms. The van der Waals surface area contributed by atoms with Gasteiger partial charge in [-0.15, -0.1) is 11.3 Å². The van der Waals surface area contributed by atoms with Crippen LogP contribution in [0.5, 0.6) is 0 Å². The molecule has 3 rings (SSSR count). The van der Waals surface area contributed by atoms with E-state index < -0.39 is 0 Å². The van der Waals surface area contributed by atoms with Gasteiger partial charge in [-0.1, -0.05) is 30.3 Å². The number of aromatic nitrogens is 1. The van der Waals surface area contributed by atoms with Crippen LogP contribution in [-0.2, 0) is 0 Å². The van der Waals surface area contributed by atoms with Crippen LogP contribution in [0.4, 0.5) is 4.39 Å². The molecule has 3 aromatic rings. The number of benzene rings is 2. The maximum Gasteiger partial charge on any atom is 0.214 e. The number of allylic oxidation sites excluding steroid dienone is 1. The normalized spacial score (nSPS) is 11.2. The van der Waals surface area contributed by atoms with Gasteiger partial charge in [0, 0.05) is 5.56 Å². The van der Waals surface area contributed by atoms with E-state index in [4.69, 9.17) is 0 Å². The topological polar surface area (TPSA) is 30.0 Å². The van der Waals surface area contributed by atoms with Crippen LogP contribution in [0.2, 0.25) is 0 Å². The highest BCUT2D eigenvalue weighted by atomic mass is 32.1. The number of fused-ring (bicyclic) bond motifs is 1. The lowest BCUT2D eigenvalue weighted by atomic mass is 10.2. The van der Waals surface area contributed by atoms with Gasteiger partial charge < -0.3 is 0 Å². The highest BCUT2D eigenvalue weighted by Crippen LogP contribution is 2.22. The van der Waals surface area contributed by atoms with Crippen molar-refractivity contribution in [2.24, 2.45) is 0 Å². The highest BCUT2D eigenvalue weighted by molar-refractivity contribution is 7.20. The molecule has 0 radical (unpaired) electrons. The minimum absolute atomic E-state index is 0.213. The lowest BCUT2D eigenvalue weighted by Crippen LogP contribution is -1.92. The van der Waals surface area contributed by atoms with E-state index in [9.17, 15) is 9.18 Å². The standard InChI is InChI=1S/C16H10FNOS/c17-12-6-2-1-5-11(12)9-10-14(19)16-18-13-7-3-4-8-15(13)20-16/h1-10H. The van der Waals surface area contributed by atoms with Crippen molar-refractivity contribution < 1.29 is 9.18 Å². The van der Waals surface area contributed by atoms with Gasteiger partial charge in [0.1, 0.15) is 5.82 Å². The molecule has 0 amide bonds. The Morgan fingerprint density at radius 2 is 1.85 bits per heavy atom. The summed E-state index contributed by atoms with van der Waals surface area (Å²) >= 11 is 1.34. The van der Waals surface area contributed by atoms with Gasteiger partial charge in [0.15, 0.2) is 5.01 Å². The third-order valence-electron chi connectivity index (χ3n) is 2.82. The lowest BCUT2D eigenvalue weighted by molar-refractivity contribution is 0.104. The van der Waals surface area contributed by atoms with Crippen LogP contribution < -0.4 is 0 Å². The van der Waals surface area contributed by atoms with E-state index in [-0.39, 0.29) is 11.6 Å². The van der Waals surface area contributed by atoms with Crippen molar-refractivity contribution >= 4 is 33.4 Å². The zero-order valence-electron chi connectivity index (χ0n) is 10.4. The SMILES string of the molecule is O=C(C=Cc1ccccc1F)c1nc2ccccc2s1. The van der Waals surface area contributed by atoms with Crippen LogP contribution in [0.3, 0.4) is 0 Å². The Bertz CT molecular complexity index is 774. The number of carbonyl (C=O) groups is 1. The zero-order valence-corrected chi connectivity index (χ0v) is 11.2. The summed E-state index contributed by atoms with van der Waals surface area (Å²) in [5.74, 6) is -0.560. The number of thiazole rings is 1. The summed E-state index contributed by atoms with van der Waals surface area (Å²) in [6.45, 7) is 0. The number of ketones is 1.